The molecule has 26 heavy (non-hydrogen) atoms. The van der Waals surface area contributed by atoms with Gasteiger partial charge in [-0.25, -0.2) is 0 Å². The molecular formula is C23H23NO2. The van der Waals surface area contributed by atoms with Gasteiger partial charge in [-0.05, 0) is 24.1 Å². The summed E-state index contributed by atoms with van der Waals surface area (Å²) >= 11 is 0. The lowest BCUT2D eigenvalue weighted by molar-refractivity contribution is -0.121. The van der Waals surface area contributed by atoms with Gasteiger partial charge in [-0.1, -0.05) is 78.4 Å². The molecular weight excluding hydrogens is 322 g/mol. The predicted molar refractivity (Wildman–Crippen MR) is 104 cm³/mol. The highest BCUT2D eigenvalue weighted by Gasteiger charge is 2.17. The largest absolute Gasteiger partial charge is 0.496 e. The van der Waals surface area contributed by atoms with Gasteiger partial charge in [-0.2, -0.15) is 0 Å². The van der Waals surface area contributed by atoms with E-state index in [4.69, 9.17) is 4.74 Å². The molecule has 3 aromatic carbocycles. The first-order valence-electron chi connectivity index (χ1n) is 8.70. The zero-order valence-corrected chi connectivity index (χ0v) is 15.1. The molecule has 0 saturated heterocycles. The van der Waals surface area contributed by atoms with Crippen LogP contribution in [0, 0.1) is 6.92 Å². The van der Waals surface area contributed by atoms with E-state index in [0.717, 1.165) is 28.0 Å². The average molecular weight is 345 g/mol. The molecule has 0 aliphatic rings. The number of hydrogen-bond acceptors (Lipinski definition) is 2. The normalized spacial score (nSPS) is 10.6. The van der Waals surface area contributed by atoms with E-state index in [0.29, 0.717) is 0 Å². The quantitative estimate of drug-likeness (QED) is 0.717. The second kappa shape index (κ2) is 8.34. The molecule has 3 heteroatoms. The maximum Gasteiger partial charge on any atom is 0.225 e. The van der Waals surface area contributed by atoms with Crippen LogP contribution in [0.15, 0.2) is 78.9 Å². The number of carbonyl (C=O) groups is 1. The fourth-order valence-electron chi connectivity index (χ4n) is 3.08. The maximum absolute atomic E-state index is 12.8. The van der Waals surface area contributed by atoms with Gasteiger partial charge in [0, 0.05) is 5.56 Å². The topological polar surface area (TPSA) is 38.3 Å². The number of rotatable bonds is 6. The average Bonchev–Trinajstić information content (AvgIpc) is 2.68. The van der Waals surface area contributed by atoms with E-state index in [1.807, 2.05) is 85.8 Å². The van der Waals surface area contributed by atoms with Crippen molar-refractivity contribution in [3.63, 3.8) is 0 Å². The summed E-state index contributed by atoms with van der Waals surface area (Å²) in [6, 6.07) is 25.7. The van der Waals surface area contributed by atoms with Crippen LogP contribution in [0.1, 0.15) is 28.3 Å². The Balaban J connectivity index is 1.83. The van der Waals surface area contributed by atoms with Gasteiger partial charge >= 0.3 is 0 Å². The first-order valence-corrected chi connectivity index (χ1v) is 8.70. The van der Waals surface area contributed by atoms with Crippen LogP contribution in [-0.4, -0.2) is 13.0 Å². The van der Waals surface area contributed by atoms with Crippen LogP contribution in [0.25, 0.3) is 0 Å². The molecule has 3 aromatic rings. The van der Waals surface area contributed by atoms with Crippen molar-refractivity contribution in [3.05, 3.63) is 101 Å². The van der Waals surface area contributed by atoms with Gasteiger partial charge in [-0.3, -0.25) is 4.79 Å². The van der Waals surface area contributed by atoms with Gasteiger partial charge in [0.15, 0.2) is 0 Å². The van der Waals surface area contributed by atoms with Crippen LogP contribution >= 0.6 is 0 Å². The molecule has 132 valence electrons. The number of hydrogen-bond donors (Lipinski definition) is 1. The fraction of sp³-hybridized carbons (Fsp3) is 0.174. The van der Waals surface area contributed by atoms with E-state index < -0.39 is 0 Å². The Kier molecular flexibility index (Phi) is 5.69. The number of benzene rings is 3. The number of ether oxygens (including phenoxy) is 1. The van der Waals surface area contributed by atoms with E-state index >= 15 is 0 Å². The van der Waals surface area contributed by atoms with Crippen molar-refractivity contribution < 1.29 is 9.53 Å². The minimum absolute atomic E-state index is 0.0355. The molecule has 1 N–H and O–H groups in total. The number of amides is 1. The van der Waals surface area contributed by atoms with Crippen LogP contribution < -0.4 is 10.1 Å². The molecule has 0 heterocycles. The molecule has 0 spiro atoms. The lowest BCUT2D eigenvalue weighted by atomic mass is 9.98. The second-order valence-corrected chi connectivity index (χ2v) is 6.31. The number of nitrogens with one attached hydrogen (secondary N) is 1. The van der Waals surface area contributed by atoms with Gasteiger partial charge < -0.3 is 10.1 Å². The van der Waals surface area contributed by atoms with Gasteiger partial charge in [-0.15, -0.1) is 0 Å². The molecule has 0 bridgehead atoms. The Labute approximate surface area is 154 Å². The summed E-state index contributed by atoms with van der Waals surface area (Å²) in [5.41, 5.74) is 4.12. The summed E-state index contributed by atoms with van der Waals surface area (Å²) < 4.78 is 5.40. The lowest BCUT2D eigenvalue weighted by Gasteiger charge is -2.20. The molecule has 0 fully saturated rings. The van der Waals surface area contributed by atoms with Crippen molar-refractivity contribution in [3.8, 4) is 5.75 Å². The summed E-state index contributed by atoms with van der Waals surface area (Å²) in [6.07, 6.45) is 0.279. The van der Waals surface area contributed by atoms with Crippen molar-refractivity contribution in [2.24, 2.45) is 0 Å². The monoisotopic (exact) mass is 345 g/mol. The van der Waals surface area contributed by atoms with Crippen molar-refractivity contribution in [2.45, 2.75) is 19.4 Å². The summed E-state index contributed by atoms with van der Waals surface area (Å²) in [5, 5.41) is 3.17. The third-order valence-electron chi connectivity index (χ3n) is 4.36. The Hall–Kier alpha value is -3.07. The zero-order valence-electron chi connectivity index (χ0n) is 15.1. The molecule has 3 nitrogen and oxygen atoms in total. The third-order valence-corrected chi connectivity index (χ3v) is 4.36. The standard InChI is InChI=1S/C23H23NO2/c1-17-13-14-21(26-2)20(15-17)16-22(25)24-23(18-9-5-3-6-10-18)19-11-7-4-8-12-19/h3-15,23H,16H2,1-2H3,(H,24,25). The molecule has 0 aliphatic heterocycles. The SMILES string of the molecule is COc1ccc(C)cc1CC(=O)NC(c1ccccc1)c1ccccc1. The summed E-state index contributed by atoms with van der Waals surface area (Å²) in [7, 11) is 1.63. The van der Waals surface area contributed by atoms with Crippen molar-refractivity contribution >= 4 is 5.91 Å². The Bertz CT molecular complexity index is 820. The summed E-state index contributed by atoms with van der Waals surface area (Å²) in [6.45, 7) is 2.01. The summed E-state index contributed by atoms with van der Waals surface area (Å²) in [5.74, 6) is 0.702. The lowest BCUT2D eigenvalue weighted by Crippen LogP contribution is -2.30. The highest BCUT2D eigenvalue weighted by atomic mass is 16.5. The molecule has 3 rings (SSSR count). The van der Waals surface area contributed by atoms with Crippen LogP contribution in [0.3, 0.4) is 0 Å². The molecule has 0 aliphatic carbocycles. The maximum atomic E-state index is 12.8. The Morgan fingerprint density at radius 3 is 2.04 bits per heavy atom. The van der Waals surface area contributed by atoms with E-state index in [9.17, 15) is 4.79 Å². The molecule has 0 saturated carbocycles. The predicted octanol–water partition coefficient (Wildman–Crippen LogP) is 4.45. The van der Waals surface area contributed by atoms with Gasteiger partial charge in [0.05, 0.1) is 19.6 Å². The van der Waals surface area contributed by atoms with Gasteiger partial charge in [0.2, 0.25) is 5.91 Å². The molecule has 0 atom stereocenters. The van der Waals surface area contributed by atoms with Crippen LogP contribution in [0.4, 0.5) is 0 Å². The zero-order chi connectivity index (χ0) is 18.4. The minimum Gasteiger partial charge on any atom is -0.496 e. The smallest absolute Gasteiger partial charge is 0.225 e. The molecule has 0 radical (unpaired) electrons. The third kappa shape index (κ3) is 4.31. The molecule has 0 unspecified atom stereocenters. The molecule has 0 aromatic heterocycles. The second-order valence-electron chi connectivity index (χ2n) is 6.31. The van der Waals surface area contributed by atoms with E-state index in [1.54, 1.807) is 7.11 Å². The van der Waals surface area contributed by atoms with Crippen LogP contribution in [0.2, 0.25) is 0 Å². The number of methoxy groups -OCH3 is 1. The van der Waals surface area contributed by atoms with Crippen molar-refractivity contribution in [2.75, 3.05) is 7.11 Å². The summed E-state index contributed by atoms with van der Waals surface area (Å²) in [4.78, 5) is 12.8. The first-order chi connectivity index (χ1) is 12.7. The number of aryl methyl sites for hydroxylation is 1. The first kappa shape index (κ1) is 17.7. The fourth-order valence-corrected chi connectivity index (χ4v) is 3.08. The number of carbonyl (C=O) groups excluding carboxylic acids is 1. The van der Waals surface area contributed by atoms with Crippen LogP contribution in [-0.2, 0) is 11.2 Å². The van der Waals surface area contributed by atoms with E-state index in [-0.39, 0.29) is 18.4 Å². The highest BCUT2D eigenvalue weighted by molar-refractivity contribution is 5.80. The highest BCUT2D eigenvalue weighted by Crippen LogP contribution is 2.24. The Morgan fingerprint density at radius 1 is 0.923 bits per heavy atom. The Morgan fingerprint density at radius 2 is 1.50 bits per heavy atom. The van der Waals surface area contributed by atoms with E-state index in [1.165, 1.54) is 0 Å². The van der Waals surface area contributed by atoms with Crippen molar-refractivity contribution in [1.82, 2.24) is 5.32 Å². The minimum atomic E-state index is -0.180. The van der Waals surface area contributed by atoms with Gasteiger partial charge in [0.25, 0.3) is 0 Å². The van der Waals surface area contributed by atoms with E-state index in [2.05, 4.69) is 5.32 Å². The van der Waals surface area contributed by atoms with Gasteiger partial charge in [0.1, 0.15) is 5.75 Å². The van der Waals surface area contributed by atoms with Crippen LogP contribution in [0.5, 0.6) is 5.75 Å². The molecule has 1 amide bonds. The van der Waals surface area contributed by atoms with Crippen molar-refractivity contribution in [1.29, 1.82) is 0 Å².